The van der Waals surface area contributed by atoms with Crippen molar-refractivity contribution in [3.8, 4) is 17.2 Å². The molecule has 144 valence electrons. The van der Waals surface area contributed by atoms with E-state index in [9.17, 15) is 15.2 Å². The van der Waals surface area contributed by atoms with Gasteiger partial charge in [-0.05, 0) is 16.7 Å². The fraction of sp³-hybridized carbons (Fsp3) is 0.217. The molecule has 0 saturated carbocycles. The summed E-state index contributed by atoms with van der Waals surface area (Å²) >= 11 is 0. The third kappa shape index (κ3) is 3.60. The number of amides is 1. The van der Waals surface area contributed by atoms with Gasteiger partial charge in [-0.3, -0.25) is 4.79 Å². The van der Waals surface area contributed by atoms with E-state index in [0.717, 1.165) is 22.3 Å². The Morgan fingerprint density at radius 3 is 2.34 bits per heavy atom. The van der Waals surface area contributed by atoms with Crippen molar-refractivity contribution >= 4 is 5.91 Å². The van der Waals surface area contributed by atoms with E-state index in [0.29, 0.717) is 0 Å². The molecule has 1 fully saturated rings. The lowest BCUT2D eigenvalue weighted by Gasteiger charge is -2.51. The lowest BCUT2D eigenvalue weighted by molar-refractivity contribution is -0.146. The maximum absolute atomic E-state index is 12.8. The van der Waals surface area contributed by atoms with Crippen molar-refractivity contribution in [3.05, 3.63) is 84.4 Å². The van der Waals surface area contributed by atoms with E-state index in [1.807, 2.05) is 54.6 Å². The molecule has 1 amide bonds. The highest BCUT2D eigenvalue weighted by atomic mass is 16.3. The third-order valence-electron chi connectivity index (χ3n) is 5.41. The third-order valence-corrected chi connectivity index (χ3v) is 5.41. The van der Waals surface area contributed by atoms with Crippen LogP contribution in [0.4, 0.5) is 0 Å². The quantitative estimate of drug-likeness (QED) is 0.730. The van der Waals surface area contributed by atoms with Crippen LogP contribution in [0.25, 0.3) is 11.1 Å². The minimum Gasteiger partial charge on any atom is -0.394 e. The van der Waals surface area contributed by atoms with Crippen molar-refractivity contribution in [2.45, 2.75) is 24.4 Å². The Morgan fingerprint density at radius 2 is 1.72 bits per heavy atom. The predicted octanol–water partition coefficient (Wildman–Crippen LogP) is 2.57. The van der Waals surface area contributed by atoms with Crippen LogP contribution in [0.2, 0.25) is 0 Å². The first-order valence-corrected chi connectivity index (χ1v) is 9.44. The monoisotopic (exact) mass is 384 g/mol. The van der Waals surface area contributed by atoms with Crippen LogP contribution in [-0.4, -0.2) is 44.6 Å². The van der Waals surface area contributed by atoms with E-state index in [2.05, 4.69) is 16.0 Å². The van der Waals surface area contributed by atoms with Gasteiger partial charge in [-0.15, -0.1) is 0 Å². The lowest BCUT2D eigenvalue weighted by Crippen LogP contribution is -2.65. The zero-order valence-electron chi connectivity index (χ0n) is 15.7. The number of nitriles is 1. The summed E-state index contributed by atoms with van der Waals surface area (Å²) in [4.78, 5) is 22.4. The van der Waals surface area contributed by atoms with E-state index in [1.165, 1.54) is 11.2 Å². The summed E-state index contributed by atoms with van der Waals surface area (Å²) in [6.07, 6.45) is 5.18. The summed E-state index contributed by atoms with van der Waals surface area (Å²) in [5.41, 5.74) is 3.70. The van der Waals surface area contributed by atoms with E-state index in [-0.39, 0.29) is 24.9 Å². The molecule has 6 heteroatoms. The van der Waals surface area contributed by atoms with Crippen LogP contribution in [0.1, 0.15) is 17.0 Å². The van der Waals surface area contributed by atoms with Crippen molar-refractivity contribution in [2.75, 3.05) is 6.61 Å². The fourth-order valence-corrected chi connectivity index (χ4v) is 3.96. The van der Waals surface area contributed by atoms with Gasteiger partial charge in [0.1, 0.15) is 12.4 Å². The first-order chi connectivity index (χ1) is 14.2. The standard InChI is InChI=1S/C23H20N4O2/c24-11-20-23(18-8-6-17(7-9-18)19-12-25-15-26-13-19)21(14-28)27(20)22(29)10-16-4-2-1-3-5-16/h1-9,12-13,15,20-21,23,28H,10,14H2/t20-,21-,23+/m1/s1. The Morgan fingerprint density at radius 1 is 1.03 bits per heavy atom. The van der Waals surface area contributed by atoms with E-state index in [4.69, 9.17) is 0 Å². The van der Waals surface area contributed by atoms with Gasteiger partial charge in [0.2, 0.25) is 5.91 Å². The van der Waals surface area contributed by atoms with Gasteiger partial charge in [-0.2, -0.15) is 5.26 Å². The number of rotatable bonds is 5. The number of carbonyl (C=O) groups excluding carboxylic acids is 1. The highest BCUT2D eigenvalue weighted by Gasteiger charge is 2.51. The second-order valence-corrected chi connectivity index (χ2v) is 7.06. The van der Waals surface area contributed by atoms with Crippen molar-refractivity contribution in [1.82, 2.24) is 14.9 Å². The number of hydrogen-bond acceptors (Lipinski definition) is 5. The van der Waals surface area contributed by atoms with E-state index < -0.39 is 12.1 Å². The number of aromatic nitrogens is 2. The minimum absolute atomic E-state index is 0.142. The van der Waals surface area contributed by atoms with Crippen LogP contribution >= 0.6 is 0 Å². The number of nitrogens with zero attached hydrogens (tertiary/aromatic N) is 4. The van der Waals surface area contributed by atoms with E-state index >= 15 is 0 Å². The zero-order chi connectivity index (χ0) is 20.2. The number of benzene rings is 2. The van der Waals surface area contributed by atoms with Crippen molar-refractivity contribution < 1.29 is 9.90 Å². The van der Waals surface area contributed by atoms with Crippen LogP contribution in [-0.2, 0) is 11.2 Å². The van der Waals surface area contributed by atoms with Crippen LogP contribution in [0.5, 0.6) is 0 Å². The van der Waals surface area contributed by atoms with Crippen molar-refractivity contribution in [3.63, 3.8) is 0 Å². The highest BCUT2D eigenvalue weighted by Crippen LogP contribution is 2.41. The molecule has 1 saturated heterocycles. The predicted molar refractivity (Wildman–Crippen MR) is 107 cm³/mol. The van der Waals surface area contributed by atoms with Crippen LogP contribution < -0.4 is 0 Å². The van der Waals surface area contributed by atoms with Gasteiger partial charge < -0.3 is 10.0 Å². The summed E-state index contributed by atoms with van der Waals surface area (Å²) in [5, 5.41) is 19.6. The molecular weight excluding hydrogens is 364 g/mol. The average Bonchev–Trinajstić information content (AvgIpc) is 2.75. The smallest absolute Gasteiger partial charge is 0.228 e. The molecule has 0 aliphatic carbocycles. The summed E-state index contributed by atoms with van der Waals surface area (Å²) < 4.78 is 0. The molecule has 0 unspecified atom stereocenters. The summed E-state index contributed by atoms with van der Waals surface area (Å²) in [5.74, 6) is -0.359. The SMILES string of the molecule is N#C[C@@H]1[C@H](c2ccc(-c3cncnc3)cc2)[C@@H](CO)N1C(=O)Cc1ccccc1. The fourth-order valence-electron chi connectivity index (χ4n) is 3.96. The largest absolute Gasteiger partial charge is 0.394 e. The molecule has 1 aliphatic heterocycles. The van der Waals surface area contributed by atoms with Gasteiger partial charge in [-0.25, -0.2) is 9.97 Å². The van der Waals surface area contributed by atoms with Crippen LogP contribution in [0, 0.1) is 11.3 Å². The Hall–Kier alpha value is -3.56. The molecule has 1 aromatic heterocycles. The molecule has 0 bridgehead atoms. The molecule has 1 aliphatic rings. The van der Waals surface area contributed by atoms with Gasteiger partial charge >= 0.3 is 0 Å². The lowest BCUT2D eigenvalue weighted by atomic mass is 9.75. The Labute approximate surface area is 169 Å². The zero-order valence-corrected chi connectivity index (χ0v) is 15.7. The van der Waals surface area contributed by atoms with Gasteiger partial charge in [-0.1, -0.05) is 54.6 Å². The van der Waals surface area contributed by atoms with Crippen molar-refractivity contribution in [2.24, 2.45) is 0 Å². The number of aliphatic hydroxyl groups is 1. The first-order valence-electron chi connectivity index (χ1n) is 9.44. The van der Waals surface area contributed by atoms with Gasteiger partial charge in [0.05, 0.1) is 25.1 Å². The van der Waals surface area contributed by atoms with Gasteiger partial charge in [0.15, 0.2) is 0 Å². The Bertz CT molecular complexity index is 1020. The molecule has 4 rings (SSSR count). The molecule has 0 radical (unpaired) electrons. The van der Waals surface area contributed by atoms with E-state index in [1.54, 1.807) is 12.4 Å². The molecule has 2 aromatic carbocycles. The summed E-state index contributed by atoms with van der Waals surface area (Å²) in [6.45, 7) is -0.183. The van der Waals surface area contributed by atoms with Crippen LogP contribution in [0.3, 0.4) is 0 Å². The highest BCUT2D eigenvalue weighted by molar-refractivity contribution is 5.81. The minimum atomic E-state index is -0.589. The number of aliphatic hydroxyl groups excluding tert-OH is 1. The Balaban J connectivity index is 1.54. The topological polar surface area (TPSA) is 90.1 Å². The summed E-state index contributed by atoms with van der Waals surface area (Å²) in [7, 11) is 0. The second kappa shape index (κ2) is 8.21. The molecule has 3 aromatic rings. The molecule has 29 heavy (non-hydrogen) atoms. The number of likely N-dealkylation sites (tertiary alicyclic amines) is 1. The maximum atomic E-state index is 12.8. The maximum Gasteiger partial charge on any atom is 0.228 e. The normalized spacial score (nSPS) is 20.6. The molecule has 6 nitrogen and oxygen atoms in total. The number of hydrogen-bond donors (Lipinski definition) is 1. The second-order valence-electron chi connectivity index (χ2n) is 7.06. The number of carbonyl (C=O) groups is 1. The summed E-state index contributed by atoms with van der Waals surface area (Å²) in [6, 6.07) is 18.5. The van der Waals surface area contributed by atoms with Crippen LogP contribution in [0.15, 0.2) is 73.3 Å². The van der Waals surface area contributed by atoms with Gasteiger partial charge in [0, 0.05) is 23.9 Å². The first kappa shape index (κ1) is 18.8. The molecule has 0 spiro atoms. The molecule has 1 N–H and O–H groups in total. The molecule has 3 atom stereocenters. The van der Waals surface area contributed by atoms with Crippen molar-refractivity contribution in [1.29, 1.82) is 5.26 Å². The Kier molecular flexibility index (Phi) is 5.32. The molecule has 2 heterocycles. The van der Waals surface area contributed by atoms with Gasteiger partial charge in [0.25, 0.3) is 0 Å². The molecular formula is C23H20N4O2. The average molecular weight is 384 g/mol.